The van der Waals surface area contributed by atoms with Crippen LogP contribution in [0, 0.1) is 24.0 Å². The lowest BCUT2D eigenvalue weighted by atomic mass is 9.95. The average Bonchev–Trinajstić information content (AvgIpc) is 3.62. The maximum atomic E-state index is 16.5. The number of aromatic hydroxyl groups is 1. The number of nitrogens with zero attached hydrogens (tertiary/aromatic N) is 5. The molecular formula is C31H26F5N5O2. The summed E-state index contributed by atoms with van der Waals surface area (Å²) in [7, 11) is 0. The number of halogens is 5. The topological polar surface area (TPSA) is 74.6 Å². The highest BCUT2D eigenvalue weighted by Crippen LogP contribution is 2.42. The molecule has 0 amide bonds. The number of alkyl halides is 3. The number of hydrogen-bond acceptors (Lipinski definition) is 7. The molecule has 2 aromatic heterocycles. The van der Waals surface area contributed by atoms with Crippen molar-refractivity contribution in [3.05, 3.63) is 47.7 Å². The summed E-state index contributed by atoms with van der Waals surface area (Å²) in [5.74, 6) is 0.436. The van der Waals surface area contributed by atoms with E-state index in [9.17, 15) is 22.7 Å². The Hall–Kier alpha value is -4.24. The number of hydrogen-bond donors (Lipinski definition) is 1. The van der Waals surface area contributed by atoms with Crippen LogP contribution in [0.1, 0.15) is 24.8 Å². The highest BCUT2D eigenvalue weighted by Gasteiger charge is 2.49. The van der Waals surface area contributed by atoms with Crippen molar-refractivity contribution in [1.82, 2.24) is 19.9 Å². The largest absolute Gasteiger partial charge is 0.508 e. The van der Waals surface area contributed by atoms with E-state index >= 15 is 4.39 Å². The number of phenols is 1. The van der Waals surface area contributed by atoms with Crippen molar-refractivity contribution in [2.45, 2.75) is 43.3 Å². The highest BCUT2D eigenvalue weighted by molar-refractivity contribution is 6.03. The number of ether oxygens (including phenoxy) is 1. The summed E-state index contributed by atoms with van der Waals surface area (Å²) in [6, 6.07) is 4.92. The lowest BCUT2D eigenvalue weighted by Crippen LogP contribution is -2.43. The molecule has 0 aliphatic carbocycles. The molecule has 0 bridgehead atoms. The minimum Gasteiger partial charge on any atom is -0.508 e. The Morgan fingerprint density at radius 1 is 1.09 bits per heavy atom. The van der Waals surface area contributed by atoms with Gasteiger partial charge in [-0.3, -0.25) is 9.88 Å². The second kappa shape index (κ2) is 10.2. The van der Waals surface area contributed by atoms with Crippen LogP contribution in [0.25, 0.3) is 32.9 Å². The third-order valence-electron chi connectivity index (χ3n) is 8.81. The standard InChI is InChI=1S/C31H26F5N5O2/c1-2-19-22(33)5-4-16-8-18(42)9-20(25(16)19)27-26(36)28-21(11-37-27)29(40-13-23(34)24(35)14-40)39-30(38-28)43-15-31-6-3-7-41(31)12-17(32)10-31/h1,4-5,8-9,11,17,23-24,42H,3,6-7,10,12-15H2/t17-,23-,24+,31+/m1/s1. The van der Waals surface area contributed by atoms with E-state index in [1.807, 2.05) is 4.90 Å². The van der Waals surface area contributed by atoms with Crippen LogP contribution in [0.4, 0.5) is 27.8 Å². The SMILES string of the molecule is C#Cc1c(F)ccc2cc(O)cc(-c3ncc4c(N5C[C@@H](F)[C@@H](F)C5)nc(OC[C@@]56CCCN5C[C@H](F)C6)nc4c3F)c12. The Kier molecular flexibility index (Phi) is 6.54. The van der Waals surface area contributed by atoms with Crippen LogP contribution in [0.3, 0.4) is 0 Å². The minimum atomic E-state index is -1.77. The number of rotatable bonds is 5. The van der Waals surface area contributed by atoms with E-state index in [0.29, 0.717) is 18.4 Å². The molecule has 3 fully saturated rings. The van der Waals surface area contributed by atoms with Gasteiger partial charge in [-0.2, -0.15) is 9.97 Å². The maximum absolute atomic E-state index is 16.5. The van der Waals surface area contributed by atoms with Gasteiger partial charge in [0.1, 0.15) is 41.4 Å². The highest BCUT2D eigenvalue weighted by atomic mass is 19.2. The monoisotopic (exact) mass is 595 g/mol. The molecule has 3 aliphatic rings. The summed E-state index contributed by atoms with van der Waals surface area (Å²) in [5, 5.41) is 11.0. The second-order valence-electron chi connectivity index (χ2n) is 11.5. The number of fused-ring (bicyclic) bond motifs is 3. The third kappa shape index (κ3) is 4.49. The van der Waals surface area contributed by atoms with Crippen LogP contribution in [0.2, 0.25) is 0 Å². The Morgan fingerprint density at radius 3 is 2.65 bits per heavy atom. The van der Waals surface area contributed by atoms with Crippen LogP contribution in [-0.4, -0.2) is 81.8 Å². The molecule has 3 saturated heterocycles. The van der Waals surface area contributed by atoms with Gasteiger partial charge >= 0.3 is 6.01 Å². The van der Waals surface area contributed by atoms with Crippen LogP contribution in [-0.2, 0) is 0 Å². The number of pyridine rings is 1. The predicted molar refractivity (Wildman–Crippen MR) is 150 cm³/mol. The van der Waals surface area contributed by atoms with E-state index in [0.717, 1.165) is 19.0 Å². The molecule has 0 spiro atoms. The van der Waals surface area contributed by atoms with Gasteiger partial charge in [0.15, 0.2) is 18.2 Å². The summed E-state index contributed by atoms with van der Waals surface area (Å²) >= 11 is 0. The molecule has 222 valence electrons. The quantitative estimate of drug-likeness (QED) is 0.249. The van der Waals surface area contributed by atoms with Crippen molar-refractivity contribution in [1.29, 1.82) is 0 Å². The van der Waals surface area contributed by atoms with E-state index < -0.39 is 35.7 Å². The number of terminal acetylenes is 1. The smallest absolute Gasteiger partial charge is 0.319 e. The van der Waals surface area contributed by atoms with Gasteiger partial charge in [0.2, 0.25) is 0 Å². The zero-order valence-corrected chi connectivity index (χ0v) is 22.8. The third-order valence-corrected chi connectivity index (χ3v) is 8.81. The lowest BCUT2D eigenvalue weighted by molar-refractivity contribution is 0.107. The van der Waals surface area contributed by atoms with Gasteiger partial charge in [-0.05, 0) is 43.0 Å². The van der Waals surface area contributed by atoms with Crippen LogP contribution in [0.5, 0.6) is 11.8 Å². The molecule has 1 N–H and O–H groups in total. The minimum absolute atomic E-state index is 0.0266. The number of phenolic OH excluding ortho intramolecular Hbond substituents is 1. The molecule has 0 unspecified atom stereocenters. The fraction of sp³-hybridized carbons (Fsp3) is 0.387. The normalized spacial score (nSPS) is 25.5. The zero-order valence-electron chi connectivity index (χ0n) is 22.8. The fourth-order valence-electron chi connectivity index (χ4n) is 6.81. The van der Waals surface area contributed by atoms with Gasteiger partial charge in [-0.15, -0.1) is 6.42 Å². The predicted octanol–water partition coefficient (Wildman–Crippen LogP) is 5.26. The van der Waals surface area contributed by atoms with Crippen molar-refractivity contribution < 1.29 is 31.8 Å². The molecular weight excluding hydrogens is 569 g/mol. The Morgan fingerprint density at radius 2 is 1.88 bits per heavy atom. The first kappa shape index (κ1) is 27.6. The van der Waals surface area contributed by atoms with Gasteiger partial charge < -0.3 is 14.7 Å². The molecule has 7 rings (SSSR count). The summed E-state index contributed by atoms with van der Waals surface area (Å²) in [6.07, 6.45) is 4.20. The van der Waals surface area contributed by atoms with E-state index in [4.69, 9.17) is 11.2 Å². The van der Waals surface area contributed by atoms with Crippen molar-refractivity contribution in [2.75, 3.05) is 37.7 Å². The molecule has 5 heterocycles. The second-order valence-corrected chi connectivity index (χ2v) is 11.5. The molecule has 12 heteroatoms. The lowest BCUT2D eigenvalue weighted by Gasteiger charge is -2.31. The molecule has 4 atom stereocenters. The number of anilines is 1. The van der Waals surface area contributed by atoms with Gasteiger partial charge in [-0.1, -0.05) is 12.0 Å². The van der Waals surface area contributed by atoms with Crippen molar-refractivity contribution in [3.63, 3.8) is 0 Å². The number of benzene rings is 2. The Labute approximate surface area is 243 Å². The molecule has 0 saturated carbocycles. The molecule has 0 radical (unpaired) electrons. The molecule has 3 aliphatic heterocycles. The summed E-state index contributed by atoms with van der Waals surface area (Å²) < 4.78 is 80.0. The first-order chi connectivity index (χ1) is 20.7. The van der Waals surface area contributed by atoms with Crippen LogP contribution >= 0.6 is 0 Å². The van der Waals surface area contributed by atoms with Crippen molar-refractivity contribution in [2.24, 2.45) is 0 Å². The van der Waals surface area contributed by atoms with Gasteiger partial charge in [-0.25, -0.2) is 22.0 Å². The zero-order chi connectivity index (χ0) is 30.0. The van der Waals surface area contributed by atoms with E-state index in [-0.39, 0.29) is 76.8 Å². The van der Waals surface area contributed by atoms with E-state index in [1.54, 1.807) is 0 Å². The van der Waals surface area contributed by atoms with Gasteiger partial charge in [0, 0.05) is 30.1 Å². The van der Waals surface area contributed by atoms with E-state index in [2.05, 4.69) is 20.9 Å². The van der Waals surface area contributed by atoms with Gasteiger partial charge in [0.05, 0.1) is 29.6 Å². The first-order valence-electron chi connectivity index (χ1n) is 14.0. The Bertz CT molecular complexity index is 1810. The summed E-state index contributed by atoms with van der Waals surface area (Å²) in [5.41, 5.74) is -1.19. The molecule has 43 heavy (non-hydrogen) atoms. The fourth-order valence-corrected chi connectivity index (χ4v) is 6.81. The van der Waals surface area contributed by atoms with Crippen molar-refractivity contribution in [3.8, 4) is 35.4 Å². The summed E-state index contributed by atoms with van der Waals surface area (Å²) in [4.78, 5) is 16.4. The molecule has 7 nitrogen and oxygen atoms in total. The van der Waals surface area contributed by atoms with Crippen molar-refractivity contribution >= 4 is 27.5 Å². The molecule has 2 aromatic carbocycles. The molecule has 4 aromatic rings. The van der Waals surface area contributed by atoms with Gasteiger partial charge in [0.25, 0.3) is 0 Å². The average molecular weight is 596 g/mol. The van der Waals surface area contributed by atoms with Crippen LogP contribution in [0.15, 0.2) is 30.5 Å². The van der Waals surface area contributed by atoms with E-state index in [1.165, 1.54) is 29.3 Å². The summed E-state index contributed by atoms with van der Waals surface area (Å²) in [6.45, 7) is 0.452. The number of aromatic nitrogens is 3. The van der Waals surface area contributed by atoms with Crippen LogP contribution < -0.4 is 9.64 Å². The maximum Gasteiger partial charge on any atom is 0.319 e. The first-order valence-corrected chi connectivity index (χ1v) is 14.0. The Balaban J connectivity index is 1.38.